The van der Waals surface area contributed by atoms with Gasteiger partial charge in [0, 0.05) is 17.1 Å². The van der Waals surface area contributed by atoms with Crippen molar-refractivity contribution < 1.29 is 19.0 Å². The van der Waals surface area contributed by atoms with Crippen LogP contribution in [0.15, 0.2) is 71.5 Å². The quantitative estimate of drug-likeness (QED) is 0.550. The number of hydrogen-bond acceptors (Lipinski definition) is 6. The van der Waals surface area contributed by atoms with Crippen LogP contribution < -0.4 is 25.1 Å². The lowest BCUT2D eigenvalue weighted by atomic mass is 10.1. The first-order chi connectivity index (χ1) is 15.1. The van der Waals surface area contributed by atoms with E-state index in [0.717, 1.165) is 0 Å². The standard InChI is InChI=1S/C23H17N3O5/c1-29-16-9-7-15(8-10-16)26-23(28)18-5-3-2-4-17(18)21(25-26)22(27)24-14-6-11-19-20(12-14)31-13-30-19/h2-12H,13H2,1H3,(H,24,27). The van der Waals surface area contributed by atoms with Gasteiger partial charge in [0.25, 0.3) is 11.5 Å². The maximum Gasteiger partial charge on any atom is 0.279 e. The Balaban J connectivity index is 1.59. The molecule has 8 heteroatoms. The van der Waals surface area contributed by atoms with Gasteiger partial charge in [-0.1, -0.05) is 18.2 Å². The summed E-state index contributed by atoms with van der Waals surface area (Å²) in [5, 5.41) is 8.08. The molecule has 0 saturated heterocycles. The number of carbonyl (C=O) groups is 1. The van der Waals surface area contributed by atoms with Crippen LogP contribution in [0.1, 0.15) is 10.5 Å². The molecule has 0 aliphatic carbocycles. The van der Waals surface area contributed by atoms with Gasteiger partial charge in [0.15, 0.2) is 17.2 Å². The average Bonchev–Trinajstić information content (AvgIpc) is 3.27. The van der Waals surface area contributed by atoms with Gasteiger partial charge in [-0.2, -0.15) is 9.78 Å². The number of ether oxygens (including phenoxy) is 3. The Labute approximate surface area is 176 Å². The summed E-state index contributed by atoms with van der Waals surface area (Å²) in [6.45, 7) is 0.145. The summed E-state index contributed by atoms with van der Waals surface area (Å²) in [6, 6.07) is 18.9. The SMILES string of the molecule is COc1ccc(-n2nc(C(=O)Nc3ccc4c(c3)OCO4)c3ccccc3c2=O)cc1. The molecule has 1 aliphatic heterocycles. The zero-order valence-electron chi connectivity index (χ0n) is 16.5. The number of rotatable bonds is 4. The maximum absolute atomic E-state index is 13.1. The first-order valence-electron chi connectivity index (χ1n) is 9.51. The molecule has 0 atom stereocenters. The molecule has 0 bridgehead atoms. The molecule has 31 heavy (non-hydrogen) atoms. The Bertz CT molecular complexity index is 1360. The molecule has 0 unspecified atom stereocenters. The van der Waals surface area contributed by atoms with Gasteiger partial charge in [-0.3, -0.25) is 9.59 Å². The van der Waals surface area contributed by atoms with E-state index in [-0.39, 0.29) is 18.0 Å². The van der Waals surface area contributed by atoms with Gasteiger partial charge in [0.1, 0.15) is 5.75 Å². The lowest BCUT2D eigenvalue weighted by molar-refractivity contribution is 0.102. The predicted molar refractivity (Wildman–Crippen MR) is 114 cm³/mol. The van der Waals surface area contributed by atoms with Crippen LogP contribution in [-0.2, 0) is 0 Å². The lowest BCUT2D eigenvalue weighted by Crippen LogP contribution is -2.26. The molecule has 1 aromatic heterocycles. The zero-order chi connectivity index (χ0) is 21.4. The van der Waals surface area contributed by atoms with Crippen molar-refractivity contribution in [3.63, 3.8) is 0 Å². The van der Waals surface area contributed by atoms with E-state index in [1.54, 1.807) is 73.8 Å². The monoisotopic (exact) mass is 415 g/mol. The van der Waals surface area contributed by atoms with E-state index in [9.17, 15) is 9.59 Å². The third-order valence-electron chi connectivity index (χ3n) is 4.97. The second-order valence-electron chi connectivity index (χ2n) is 6.83. The molecule has 0 spiro atoms. The van der Waals surface area contributed by atoms with Crippen LogP contribution in [0, 0.1) is 0 Å². The molecule has 0 fully saturated rings. The van der Waals surface area contributed by atoms with E-state index in [4.69, 9.17) is 14.2 Å². The molecule has 8 nitrogen and oxygen atoms in total. The Kier molecular flexibility index (Phi) is 4.51. The second-order valence-corrected chi connectivity index (χ2v) is 6.83. The number of aromatic nitrogens is 2. The third-order valence-corrected chi connectivity index (χ3v) is 4.97. The molecule has 1 aliphatic rings. The van der Waals surface area contributed by atoms with Crippen molar-refractivity contribution in [2.45, 2.75) is 0 Å². The highest BCUT2D eigenvalue weighted by atomic mass is 16.7. The Morgan fingerprint density at radius 1 is 1.00 bits per heavy atom. The molecule has 5 rings (SSSR count). The van der Waals surface area contributed by atoms with Crippen molar-refractivity contribution in [3.05, 3.63) is 82.8 Å². The van der Waals surface area contributed by atoms with Crippen molar-refractivity contribution in [1.29, 1.82) is 0 Å². The summed E-state index contributed by atoms with van der Waals surface area (Å²) in [7, 11) is 1.56. The fraction of sp³-hybridized carbons (Fsp3) is 0.0870. The molecule has 0 radical (unpaired) electrons. The summed E-state index contributed by atoms with van der Waals surface area (Å²) in [4.78, 5) is 26.2. The number of anilines is 1. The Morgan fingerprint density at radius 2 is 1.74 bits per heavy atom. The number of benzene rings is 3. The zero-order valence-corrected chi connectivity index (χ0v) is 16.5. The van der Waals surface area contributed by atoms with Crippen molar-refractivity contribution in [2.75, 3.05) is 19.2 Å². The van der Waals surface area contributed by atoms with Crippen LogP contribution >= 0.6 is 0 Å². The fourth-order valence-corrected chi connectivity index (χ4v) is 3.42. The Morgan fingerprint density at radius 3 is 2.52 bits per heavy atom. The molecule has 1 amide bonds. The first kappa shape index (κ1) is 18.7. The molecule has 2 heterocycles. The van der Waals surface area contributed by atoms with E-state index in [2.05, 4.69) is 10.4 Å². The number of nitrogens with one attached hydrogen (secondary N) is 1. The number of carbonyl (C=O) groups excluding carboxylic acids is 1. The van der Waals surface area contributed by atoms with E-state index >= 15 is 0 Å². The number of hydrogen-bond donors (Lipinski definition) is 1. The highest BCUT2D eigenvalue weighted by Gasteiger charge is 2.19. The number of fused-ring (bicyclic) bond motifs is 2. The van der Waals surface area contributed by atoms with Crippen molar-refractivity contribution in [1.82, 2.24) is 9.78 Å². The minimum Gasteiger partial charge on any atom is -0.497 e. The first-order valence-corrected chi connectivity index (χ1v) is 9.51. The Hall–Kier alpha value is -4.33. The van der Waals surface area contributed by atoms with Crippen LogP contribution in [0.25, 0.3) is 16.5 Å². The summed E-state index contributed by atoms with van der Waals surface area (Å²) >= 11 is 0. The van der Waals surface area contributed by atoms with Gasteiger partial charge in [-0.05, 0) is 42.5 Å². The van der Waals surface area contributed by atoms with Crippen molar-refractivity contribution in [2.24, 2.45) is 0 Å². The molecule has 1 N–H and O–H groups in total. The molecular weight excluding hydrogens is 398 g/mol. The number of methoxy groups -OCH3 is 1. The maximum atomic E-state index is 13.1. The third kappa shape index (κ3) is 3.33. The fourth-order valence-electron chi connectivity index (χ4n) is 3.42. The molecule has 0 saturated carbocycles. The predicted octanol–water partition coefficient (Wildman–Crippen LogP) is 3.38. The van der Waals surface area contributed by atoms with E-state index in [1.165, 1.54) is 4.68 Å². The number of nitrogens with zero attached hydrogens (tertiary/aromatic N) is 2. The van der Waals surface area contributed by atoms with E-state index < -0.39 is 5.91 Å². The van der Waals surface area contributed by atoms with Gasteiger partial charge in [0.2, 0.25) is 6.79 Å². The van der Waals surface area contributed by atoms with Gasteiger partial charge in [-0.15, -0.1) is 0 Å². The van der Waals surface area contributed by atoms with Gasteiger partial charge in [0.05, 0.1) is 18.2 Å². The van der Waals surface area contributed by atoms with Crippen molar-refractivity contribution >= 4 is 22.4 Å². The van der Waals surface area contributed by atoms with Crippen LogP contribution in [-0.4, -0.2) is 29.6 Å². The van der Waals surface area contributed by atoms with Gasteiger partial charge >= 0.3 is 0 Å². The molecule has 3 aromatic carbocycles. The minimum atomic E-state index is -0.447. The van der Waals surface area contributed by atoms with Gasteiger partial charge < -0.3 is 19.5 Å². The molecular formula is C23H17N3O5. The summed E-state index contributed by atoms with van der Waals surface area (Å²) in [6.07, 6.45) is 0. The smallest absolute Gasteiger partial charge is 0.279 e. The van der Waals surface area contributed by atoms with Crippen LogP contribution in [0.5, 0.6) is 17.2 Å². The lowest BCUT2D eigenvalue weighted by Gasteiger charge is -2.12. The largest absolute Gasteiger partial charge is 0.497 e. The number of amides is 1. The topological polar surface area (TPSA) is 91.7 Å². The molecule has 154 valence electrons. The highest BCUT2D eigenvalue weighted by molar-refractivity contribution is 6.11. The van der Waals surface area contributed by atoms with Crippen molar-refractivity contribution in [3.8, 4) is 22.9 Å². The second kappa shape index (κ2) is 7.49. The average molecular weight is 415 g/mol. The van der Waals surface area contributed by atoms with E-state index in [0.29, 0.717) is 39.4 Å². The highest BCUT2D eigenvalue weighted by Crippen LogP contribution is 2.34. The summed E-state index contributed by atoms with van der Waals surface area (Å²) in [5.41, 5.74) is 0.861. The normalized spacial score (nSPS) is 12.0. The van der Waals surface area contributed by atoms with E-state index in [1.807, 2.05) is 0 Å². The summed E-state index contributed by atoms with van der Waals surface area (Å²) in [5.74, 6) is 1.38. The molecule has 4 aromatic rings. The van der Waals surface area contributed by atoms with Crippen LogP contribution in [0.4, 0.5) is 5.69 Å². The minimum absolute atomic E-state index is 0.128. The van der Waals surface area contributed by atoms with Crippen LogP contribution in [0.3, 0.4) is 0 Å². The van der Waals surface area contributed by atoms with Gasteiger partial charge in [-0.25, -0.2) is 0 Å². The summed E-state index contributed by atoms with van der Waals surface area (Å²) < 4.78 is 17.1. The van der Waals surface area contributed by atoms with Crippen LogP contribution in [0.2, 0.25) is 0 Å².